The SMILES string of the molecule is CCCC(CC(=O)O)NC(=O)c1ccc(=O)n(CCC)n1. The van der Waals surface area contributed by atoms with Gasteiger partial charge in [-0.2, -0.15) is 5.10 Å². The Balaban J connectivity index is 2.84. The number of aliphatic carboxylic acids is 1. The van der Waals surface area contributed by atoms with Gasteiger partial charge in [0, 0.05) is 18.7 Å². The molecule has 0 aliphatic rings. The van der Waals surface area contributed by atoms with E-state index in [1.54, 1.807) is 0 Å². The molecule has 1 amide bonds. The van der Waals surface area contributed by atoms with E-state index in [9.17, 15) is 14.4 Å². The molecule has 1 aromatic heterocycles. The fraction of sp³-hybridized carbons (Fsp3) is 0.571. The lowest BCUT2D eigenvalue weighted by atomic mass is 10.1. The number of hydrogen-bond donors (Lipinski definition) is 2. The maximum Gasteiger partial charge on any atom is 0.305 e. The van der Waals surface area contributed by atoms with Gasteiger partial charge in [0.15, 0.2) is 0 Å². The van der Waals surface area contributed by atoms with Crippen LogP contribution in [-0.2, 0) is 11.3 Å². The average Bonchev–Trinajstić information content (AvgIpc) is 2.41. The molecule has 1 aromatic rings. The van der Waals surface area contributed by atoms with E-state index < -0.39 is 17.9 Å². The largest absolute Gasteiger partial charge is 0.481 e. The first-order valence-corrected chi connectivity index (χ1v) is 7.08. The third-order valence-electron chi connectivity index (χ3n) is 2.93. The van der Waals surface area contributed by atoms with Crippen molar-refractivity contribution in [2.75, 3.05) is 0 Å². The summed E-state index contributed by atoms with van der Waals surface area (Å²) < 4.78 is 1.24. The van der Waals surface area contributed by atoms with E-state index in [2.05, 4.69) is 10.4 Å². The summed E-state index contributed by atoms with van der Waals surface area (Å²) in [6, 6.07) is 2.21. The van der Waals surface area contributed by atoms with Gasteiger partial charge in [-0.15, -0.1) is 0 Å². The molecular weight excluding hydrogens is 274 g/mol. The first-order valence-electron chi connectivity index (χ1n) is 7.08. The first kappa shape index (κ1) is 16.9. The smallest absolute Gasteiger partial charge is 0.305 e. The van der Waals surface area contributed by atoms with Crippen molar-refractivity contribution in [1.82, 2.24) is 15.1 Å². The molecule has 1 atom stereocenters. The Morgan fingerprint density at radius 2 is 2.05 bits per heavy atom. The molecule has 0 saturated carbocycles. The summed E-state index contributed by atoms with van der Waals surface area (Å²) in [7, 11) is 0. The molecule has 0 aliphatic carbocycles. The van der Waals surface area contributed by atoms with Crippen LogP contribution in [0.1, 0.15) is 50.0 Å². The van der Waals surface area contributed by atoms with E-state index in [0.29, 0.717) is 13.0 Å². The molecular formula is C14H21N3O4. The van der Waals surface area contributed by atoms with Crippen LogP contribution >= 0.6 is 0 Å². The van der Waals surface area contributed by atoms with E-state index >= 15 is 0 Å². The minimum absolute atomic E-state index is 0.120. The van der Waals surface area contributed by atoms with Crippen molar-refractivity contribution in [3.63, 3.8) is 0 Å². The number of aromatic nitrogens is 2. The summed E-state index contributed by atoms with van der Waals surface area (Å²) in [4.78, 5) is 34.4. The Hall–Kier alpha value is -2.18. The summed E-state index contributed by atoms with van der Waals surface area (Å²) in [6.07, 6.45) is 1.94. The number of carboxylic acids is 1. The monoisotopic (exact) mass is 295 g/mol. The number of hydrogen-bond acceptors (Lipinski definition) is 4. The second-order valence-electron chi connectivity index (χ2n) is 4.84. The molecule has 116 valence electrons. The molecule has 7 nitrogen and oxygen atoms in total. The average molecular weight is 295 g/mol. The van der Waals surface area contributed by atoms with E-state index in [1.807, 2.05) is 13.8 Å². The summed E-state index contributed by atoms with van der Waals surface area (Å²) >= 11 is 0. The number of nitrogens with zero attached hydrogens (tertiary/aromatic N) is 2. The highest BCUT2D eigenvalue weighted by Crippen LogP contribution is 2.03. The highest BCUT2D eigenvalue weighted by molar-refractivity contribution is 5.92. The maximum atomic E-state index is 12.1. The molecule has 1 heterocycles. The highest BCUT2D eigenvalue weighted by Gasteiger charge is 2.17. The molecule has 2 N–H and O–H groups in total. The van der Waals surface area contributed by atoms with Crippen molar-refractivity contribution in [2.24, 2.45) is 0 Å². The van der Waals surface area contributed by atoms with E-state index in [1.165, 1.54) is 16.8 Å². The number of rotatable bonds is 8. The second-order valence-corrected chi connectivity index (χ2v) is 4.84. The van der Waals surface area contributed by atoms with Gasteiger partial charge in [0.25, 0.3) is 11.5 Å². The third kappa shape index (κ3) is 5.37. The molecule has 1 unspecified atom stereocenters. The van der Waals surface area contributed by atoms with Crippen LogP contribution in [0.15, 0.2) is 16.9 Å². The van der Waals surface area contributed by atoms with Crippen molar-refractivity contribution < 1.29 is 14.7 Å². The van der Waals surface area contributed by atoms with Crippen molar-refractivity contribution in [3.05, 3.63) is 28.2 Å². The fourth-order valence-corrected chi connectivity index (χ4v) is 1.99. The van der Waals surface area contributed by atoms with Gasteiger partial charge in [-0.1, -0.05) is 20.3 Å². The molecule has 0 aromatic carbocycles. The zero-order valence-corrected chi connectivity index (χ0v) is 12.3. The number of nitrogens with one attached hydrogen (secondary N) is 1. The van der Waals surface area contributed by atoms with Gasteiger partial charge < -0.3 is 10.4 Å². The standard InChI is InChI=1S/C14H21N3O4/c1-3-5-10(9-13(19)20)15-14(21)11-6-7-12(18)17(16-11)8-4-2/h6-7,10H,3-5,8-9H2,1-2H3,(H,15,21)(H,19,20). The summed E-state index contributed by atoms with van der Waals surface area (Å²) in [5, 5.41) is 15.5. The topological polar surface area (TPSA) is 101 Å². The quantitative estimate of drug-likeness (QED) is 0.745. The van der Waals surface area contributed by atoms with Gasteiger partial charge >= 0.3 is 5.97 Å². The van der Waals surface area contributed by atoms with E-state index in [-0.39, 0.29) is 17.7 Å². The normalized spacial score (nSPS) is 11.9. The lowest BCUT2D eigenvalue weighted by Gasteiger charge is -2.16. The van der Waals surface area contributed by atoms with Crippen LogP contribution in [0.25, 0.3) is 0 Å². The number of carbonyl (C=O) groups excluding carboxylic acids is 1. The molecule has 1 rings (SSSR count). The number of amides is 1. The Morgan fingerprint density at radius 1 is 1.33 bits per heavy atom. The van der Waals surface area contributed by atoms with Crippen LogP contribution < -0.4 is 10.9 Å². The molecule has 0 saturated heterocycles. The van der Waals surface area contributed by atoms with Gasteiger partial charge in [-0.25, -0.2) is 4.68 Å². The Morgan fingerprint density at radius 3 is 2.62 bits per heavy atom. The summed E-state index contributed by atoms with van der Waals surface area (Å²) in [6.45, 7) is 4.26. The summed E-state index contributed by atoms with van der Waals surface area (Å²) in [5.74, 6) is -1.42. The number of aryl methyl sites for hydroxylation is 1. The Bertz CT molecular complexity index is 553. The van der Waals surface area contributed by atoms with Crippen LogP contribution in [-0.4, -0.2) is 32.8 Å². The van der Waals surface area contributed by atoms with Gasteiger partial charge in [0.05, 0.1) is 6.42 Å². The number of carboxylic acid groups (broad SMARTS) is 1. The second kappa shape index (κ2) is 8.18. The Labute approximate surface area is 123 Å². The van der Waals surface area contributed by atoms with Gasteiger partial charge in [0.2, 0.25) is 0 Å². The van der Waals surface area contributed by atoms with Crippen molar-refractivity contribution >= 4 is 11.9 Å². The summed E-state index contributed by atoms with van der Waals surface area (Å²) in [5.41, 5.74) is -0.140. The van der Waals surface area contributed by atoms with Crippen molar-refractivity contribution in [2.45, 2.75) is 52.1 Å². The van der Waals surface area contributed by atoms with Crippen molar-refractivity contribution in [3.8, 4) is 0 Å². The lowest BCUT2D eigenvalue weighted by Crippen LogP contribution is -2.38. The third-order valence-corrected chi connectivity index (χ3v) is 2.93. The van der Waals surface area contributed by atoms with E-state index in [0.717, 1.165) is 12.8 Å². The lowest BCUT2D eigenvalue weighted by molar-refractivity contribution is -0.137. The zero-order chi connectivity index (χ0) is 15.8. The Kier molecular flexibility index (Phi) is 6.58. The minimum Gasteiger partial charge on any atom is -0.481 e. The molecule has 0 bridgehead atoms. The highest BCUT2D eigenvalue weighted by atomic mass is 16.4. The van der Waals surface area contributed by atoms with Gasteiger partial charge in [-0.05, 0) is 18.9 Å². The van der Waals surface area contributed by atoms with Crippen LogP contribution in [0.4, 0.5) is 0 Å². The predicted octanol–water partition coefficient (Wildman–Crippen LogP) is 1.03. The predicted molar refractivity (Wildman–Crippen MR) is 77.2 cm³/mol. The molecule has 21 heavy (non-hydrogen) atoms. The minimum atomic E-state index is -0.960. The molecule has 7 heteroatoms. The first-order chi connectivity index (χ1) is 9.97. The maximum absolute atomic E-state index is 12.1. The van der Waals surface area contributed by atoms with E-state index in [4.69, 9.17) is 5.11 Å². The van der Waals surface area contributed by atoms with Crippen LogP contribution in [0.3, 0.4) is 0 Å². The fourth-order valence-electron chi connectivity index (χ4n) is 1.99. The van der Waals surface area contributed by atoms with Crippen molar-refractivity contribution in [1.29, 1.82) is 0 Å². The van der Waals surface area contributed by atoms with Gasteiger partial charge in [0.1, 0.15) is 5.69 Å². The molecule has 0 aliphatic heterocycles. The zero-order valence-electron chi connectivity index (χ0n) is 12.3. The van der Waals surface area contributed by atoms with Crippen LogP contribution in [0.2, 0.25) is 0 Å². The molecule has 0 radical (unpaired) electrons. The van der Waals surface area contributed by atoms with Gasteiger partial charge in [-0.3, -0.25) is 14.4 Å². The van der Waals surface area contributed by atoms with Crippen LogP contribution in [0, 0.1) is 0 Å². The number of carbonyl (C=O) groups is 2. The molecule has 0 fully saturated rings. The molecule has 0 spiro atoms. The van der Waals surface area contributed by atoms with Crippen LogP contribution in [0.5, 0.6) is 0 Å².